The highest BCUT2D eigenvalue weighted by Crippen LogP contribution is 2.18. The van der Waals surface area contributed by atoms with Crippen LogP contribution in [0.4, 0.5) is 0 Å². The first-order valence-corrected chi connectivity index (χ1v) is 10.7. The molecule has 1 fully saturated rings. The number of methoxy groups -OCH3 is 1. The number of amides is 2. The summed E-state index contributed by atoms with van der Waals surface area (Å²) < 4.78 is 4.95. The SMILES string of the molecule is COC(=O)C(CNC(=O)CN1CCCCCCC1=O)Cc1ccc2ccccc2c1. The van der Waals surface area contributed by atoms with Crippen molar-refractivity contribution in [3.63, 3.8) is 0 Å². The standard InChI is InChI=1S/C24H30N2O4/c1-30-24(29)21(15-18-11-12-19-8-5-6-9-20(19)14-18)16-25-22(27)17-26-13-7-3-2-4-10-23(26)28/h5-6,8-9,11-12,14,21H,2-4,7,10,13,15-17H2,1H3,(H,25,27). The molecule has 1 N–H and O–H groups in total. The van der Waals surface area contributed by atoms with Crippen molar-refractivity contribution in [2.75, 3.05) is 26.7 Å². The number of nitrogens with one attached hydrogen (secondary N) is 1. The predicted molar refractivity (Wildman–Crippen MR) is 116 cm³/mol. The molecule has 2 amide bonds. The Kier molecular flexibility index (Phi) is 7.82. The molecule has 160 valence electrons. The minimum absolute atomic E-state index is 0.0329. The Balaban J connectivity index is 1.59. The molecule has 2 aromatic carbocycles. The average molecular weight is 411 g/mol. The molecule has 1 heterocycles. The minimum atomic E-state index is -0.483. The summed E-state index contributed by atoms with van der Waals surface area (Å²) in [5.74, 6) is -1.05. The first kappa shape index (κ1) is 21.8. The van der Waals surface area contributed by atoms with Gasteiger partial charge in [0.2, 0.25) is 11.8 Å². The average Bonchev–Trinajstić information content (AvgIpc) is 2.75. The van der Waals surface area contributed by atoms with E-state index in [4.69, 9.17) is 4.74 Å². The molecule has 1 atom stereocenters. The van der Waals surface area contributed by atoms with E-state index in [1.54, 1.807) is 4.90 Å². The Labute approximate surface area is 177 Å². The summed E-state index contributed by atoms with van der Waals surface area (Å²) in [7, 11) is 1.36. The van der Waals surface area contributed by atoms with Gasteiger partial charge in [0.15, 0.2) is 0 Å². The second kappa shape index (κ2) is 10.8. The largest absolute Gasteiger partial charge is 0.469 e. The van der Waals surface area contributed by atoms with Gasteiger partial charge in [-0.1, -0.05) is 55.3 Å². The summed E-state index contributed by atoms with van der Waals surface area (Å²) in [6.45, 7) is 0.840. The van der Waals surface area contributed by atoms with Crippen molar-refractivity contribution >= 4 is 28.6 Å². The summed E-state index contributed by atoms with van der Waals surface area (Å²) in [6.07, 6.45) is 4.93. The molecule has 0 aliphatic carbocycles. The molecule has 0 bridgehead atoms. The number of esters is 1. The van der Waals surface area contributed by atoms with E-state index in [0.29, 0.717) is 19.4 Å². The number of hydrogen-bond donors (Lipinski definition) is 1. The molecule has 1 saturated heterocycles. The molecule has 0 spiro atoms. The molecular weight excluding hydrogens is 380 g/mol. The number of likely N-dealkylation sites (tertiary alicyclic amines) is 1. The van der Waals surface area contributed by atoms with Crippen molar-refractivity contribution in [2.45, 2.75) is 38.5 Å². The molecule has 0 aromatic heterocycles. The van der Waals surface area contributed by atoms with Crippen LogP contribution in [0.25, 0.3) is 10.8 Å². The zero-order chi connectivity index (χ0) is 21.3. The molecule has 1 aliphatic rings. The lowest BCUT2D eigenvalue weighted by atomic mass is 9.97. The molecule has 1 unspecified atom stereocenters. The van der Waals surface area contributed by atoms with Crippen molar-refractivity contribution < 1.29 is 19.1 Å². The van der Waals surface area contributed by atoms with Crippen LogP contribution in [0.2, 0.25) is 0 Å². The fourth-order valence-electron chi connectivity index (χ4n) is 3.90. The molecule has 2 aromatic rings. The molecule has 1 aliphatic heterocycles. The van der Waals surface area contributed by atoms with Gasteiger partial charge in [0.05, 0.1) is 19.6 Å². The lowest BCUT2D eigenvalue weighted by Crippen LogP contribution is -2.43. The van der Waals surface area contributed by atoms with Crippen LogP contribution >= 0.6 is 0 Å². The van der Waals surface area contributed by atoms with Crippen LogP contribution in [0.5, 0.6) is 0 Å². The van der Waals surface area contributed by atoms with Gasteiger partial charge >= 0.3 is 5.97 Å². The molecule has 0 radical (unpaired) electrons. The van der Waals surface area contributed by atoms with Crippen LogP contribution in [-0.4, -0.2) is 49.4 Å². The van der Waals surface area contributed by atoms with Crippen LogP contribution < -0.4 is 5.32 Å². The number of nitrogens with zero attached hydrogens (tertiary/aromatic N) is 1. The fourth-order valence-corrected chi connectivity index (χ4v) is 3.90. The third-order valence-corrected chi connectivity index (χ3v) is 5.63. The lowest BCUT2D eigenvalue weighted by molar-refractivity contribution is -0.145. The van der Waals surface area contributed by atoms with Crippen molar-refractivity contribution in [2.24, 2.45) is 5.92 Å². The van der Waals surface area contributed by atoms with Gasteiger partial charge in [-0.15, -0.1) is 0 Å². The van der Waals surface area contributed by atoms with Gasteiger partial charge < -0.3 is 15.0 Å². The van der Waals surface area contributed by atoms with Crippen LogP contribution in [0.3, 0.4) is 0 Å². The van der Waals surface area contributed by atoms with Gasteiger partial charge in [0, 0.05) is 19.5 Å². The normalized spacial score (nSPS) is 15.9. The maximum atomic E-state index is 12.4. The minimum Gasteiger partial charge on any atom is -0.469 e. The van der Waals surface area contributed by atoms with Gasteiger partial charge in [0.25, 0.3) is 0 Å². The monoisotopic (exact) mass is 410 g/mol. The van der Waals surface area contributed by atoms with Crippen molar-refractivity contribution in [3.8, 4) is 0 Å². The number of carbonyl (C=O) groups is 3. The van der Waals surface area contributed by atoms with E-state index in [1.165, 1.54) is 7.11 Å². The maximum Gasteiger partial charge on any atom is 0.310 e. The predicted octanol–water partition coefficient (Wildman–Crippen LogP) is 3.08. The van der Waals surface area contributed by atoms with E-state index in [2.05, 4.69) is 11.4 Å². The van der Waals surface area contributed by atoms with Crippen LogP contribution in [0, 0.1) is 5.92 Å². The van der Waals surface area contributed by atoms with Crippen LogP contribution in [-0.2, 0) is 25.5 Å². The first-order valence-electron chi connectivity index (χ1n) is 10.7. The summed E-state index contributed by atoms with van der Waals surface area (Å²) >= 11 is 0. The highest BCUT2D eigenvalue weighted by molar-refractivity contribution is 5.85. The van der Waals surface area contributed by atoms with Gasteiger partial charge in [-0.2, -0.15) is 0 Å². The zero-order valence-electron chi connectivity index (χ0n) is 17.6. The molecule has 30 heavy (non-hydrogen) atoms. The Morgan fingerprint density at radius 1 is 1.07 bits per heavy atom. The summed E-state index contributed by atoms with van der Waals surface area (Å²) in [6, 6.07) is 14.1. The zero-order valence-corrected chi connectivity index (χ0v) is 17.6. The van der Waals surface area contributed by atoms with Crippen LogP contribution in [0.1, 0.15) is 37.7 Å². The highest BCUT2D eigenvalue weighted by Gasteiger charge is 2.23. The van der Waals surface area contributed by atoms with Crippen LogP contribution in [0.15, 0.2) is 42.5 Å². The highest BCUT2D eigenvalue weighted by atomic mass is 16.5. The van der Waals surface area contributed by atoms with Crippen molar-refractivity contribution in [3.05, 3.63) is 48.0 Å². The summed E-state index contributed by atoms with van der Waals surface area (Å²) in [5.41, 5.74) is 1.01. The quantitative estimate of drug-likeness (QED) is 0.712. The molecule has 3 rings (SSSR count). The molecule has 0 saturated carbocycles. The number of rotatable bonds is 7. The second-order valence-electron chi connectivity index (χ2n) is 7.89. The topological polar surface area (TPSA) is 75.7 Å². The third kappa shape index (κ3) is 6.05. The molecular formula is C24H30N2O4. The van der Waals surface area contributed by atoms with E-state index in [-0.39, 0.29) is 30.9 Å². The summed E-state index contributed by atoms with van der Waals surface area (Å²) in [5, 5.41) is 5.08. The fraction of sp³-hybridized carbons (Fsp3) is 0.458. The Hall–Kier alpha value is -2.89. The Morgan fingerprint density at radius 3 is 2.63 bits per heavy atom. The summed E-state index contributed by atoms with van der Waals surface area (Å²) in [4.78, 5) is 38.6. The van der Waals surface area contributed by atoms with E-state index in [0.717, 1.165) is 42.0 Å². The van der Waals surface area contributed by atoms with Gasteiger partial charge in [-0.25, -0.2) is 0 Å². The lowest BCUT2D eigenvalue weighted by Gasteiger charge is -2.24. The maximum absolute atomic E-state index is 12.4. The van der Waals surface area contributed by atoms with E-state index in [9.17, 15) is 14.4 Å². The molecule has 6 nitrogen and oxygen atoms in total. The Bertz CT molecular complexity index is 896. The first-order chi connectivity index (χ1) is 14.6. The van der Waals surface area contributed by atoms with Gasteiger partial charge in [-0.05, 0) is 35.6 Å². The second-order valence-corrected chi connectivity index (χ2v) is 7.89. The number of ether oxygens (including phenoxy) is 1. The third-order valence-electron chi connectivity index (χ3n) is 5.63. The van der Waals surface area contributed by atoms with E-state index in [1.807, 2.05) is 36.4 Å². The van der Waals surface area contributed by atoms with Crippen molar-refractivity contribution in [1.29, 1.82) is 0 Å². The number of hydrogen-bond acceptors (Lipinski definition) is 4. The smallest absolute Gasteiger partial charge is 0.310 e. The molecule has 6 heteroatoms. The van der Waals surface area contributed by atoms with Gasteiger partial charge in [0.1, 0.15) is 0 Å². The van der Waals surface area contributed by atoms with Gasteiger partial charge in [-0.3, -0.25) is 14.4 Å². The Morgan fingerprint density at radius 2 is 1.83 bits per heavy atom. The number of fused-ring (bicyclic) bond motifs is 1. The van der Waals surface area contributed by atoms with E-state index < -0.39 is 5.92 Å². The number of benzene rings is 2. The number of carbonyl (C=O) groups excluding carboxylic acids is 3. The van der Waals surface area contributed by atoms with Crippen molar-refractivity contribution in [1.82, 2.24) is 10.2 Å². The van der Waals surface area contributed by atoms with E-state index >= 15 is 0 Å².